The van der Waals surface area contributed by atoms with Crippen LogP contribution >= 0.6 is 11.3 Å². The molecule has 0 aliphatic carbocycles. The van der Waals surface area contributed by atoms with Crippen LogP contribution in [0, 0.1) is 0 Å². The molecule has 0 radical (unpaired) electrons. The molecule has 1 aromatic heterocycles. The summed E-state index contributed by atoms with van der Waals surface area (Å²) in [6, 6.07) is 1.79. The summed E-state index contributed by atoms with van der Waals surface area (Å²) in [5.74, 6) is 0.605. The highest BCUT2D eigenvalue weighted by molar-refractivity contribution is 7.20. The Kier molecular flexibility index (Phi) is 15.5. The Bertz CT molecular complexity index is 2420. The standard InChI is InChI=1S/C32H12BF24.C13H16NS/c34-25(35,36)13-1-14(26(37,38)39)6-21(5-13)33(22-7-15(27(40,41)42)2-16(8-22)28(43,44)45,23-9-17(29(46,47)48)3-18(10-23)30(49,50)51)24-11-19(31(52,53)54)4-20(12-24)32(55,56)57;1-11(2)13-14(8-9-15-13)10-12-6-4-3-5-7-12/h1-12H;3-9,11H,10H2,1-2H3/q-1;+1. The summed E-state index contributed by atoms with van der Waals surface area (Å²) in [5, 5.41) is 3.61. The van der Waals surface area contributed by atoms with E-state index in [-0.39, 0.29) is 0 Å². The van der Waals surface area contributed by atoms with Crippen molar-refractivity contribution in [3.05, 3.63) is 170 Å². The van der Waals surface area contributed by atoms with Crippen molar-refractivity contribution in [2.75, 3.05) is 0 Å². The van der Waals surface area contributed by atoms with Gasteiger partial charge in [-0.25, -0.2) is 0 Å². The van der Waals surface area contributed by atoms with Gasteiger partial charge in [-0.1, -0.05) is 104 Å². The van der Waals surface area contributed by atoms with E-state index in [0.29, 0.717) is 5.92 Å². The molecule has 0 spiro atoms. The van der Waals surface area contributed by atoms with Crippen molar-refractivity contribution in [3.8, 4) is 0 Å². The number of aromatic nitrogens is 1. The fraction of sp³-hybridized carbons (Fsp3) is 0.267. The van der Waals surface area contributed by atoms with Crippen molar-refractivity contribution in [2.45, 2.75) is 75.7 Å². The molecule has 0 N–H and O–H groups in total. The lowest BCUT2D eigenvalue weighted by Gasteiger charge is -2.46. The van der Waals surface area contributed by atoms with Gasteiger partial charge >= 0.3 is 49.4 Å². The van der Waals surface area contributed by atoms with Crippen LogP contribution < -0.4 is 26.4 Å². The number of hydrogen-bond donors (Lipinski definition) is 0. The Balaban J connectivity index is 0.000000542. The SMILES string of the molecule is CC(C)c1scc[n+]1Cc1ccccc1.FC(F)(F)c1cc([B-](c2cc(C(F)(F)F)cc(C(F)(F)F)c2)(c2cc(C(F)(F)F)cc(C(F)(F)F)c2)c2cc(C(F)(F)F)cc(C(F)(F)F)c2)cc(C(F)(F)F)c1. The molecule has 0 aliphatic heterocycles. The number of rotatable bonds is 7. The van der Waals surface area contributed by atoms with Gasteiger partial charge in [-0.15, -0.1) is 0 Å². The van der Waals surface area contributed by atoms with Crippen LogP contribution in [-0.4, -0.2) is 6.15 Å². The molecule has 27 heteroatoms. The normalized spacial score (nSPS) is 13.6. The smallest absolute Gasteiger partial charge is 0.194 e. The van der Waals surface area contributed by atoms with E-state index < -0.39 is 195 Å². The van der Waals surface area contributed by atoms with Gasteiger partial charge in [0, 0.05) is 11.5 Å². The van der Waals surface area contributed by atoms with Crippen LogP contribution in [0.2, 0.25) is 0 Å². The van der Waals surface area contributed by atoms with E-state index in [1.165, 1.54) is 10.6 Å². The largest absolute Gasteiger partial charge is 0.416 e. The lowest BCUT2D eigenvalue weighted by atomic mass is 9.12. The Morgan fingerprint density at radius 2 is 0.611 bits per heavy atom. The highest BCUT2D eigenvalue weighted by atomic mass is 32.1. The zero-order valence-corrected chi connectivity index (χ0v) is 36.6. The zero-order valence-electron chi connectivity index (χ0n) is 35.8. The molecule has 6 aromatic rings. The first kappa shape index (κ1) is 57.0. The van der Waals surface area contributed by atoms with Crippen molar-refractivity contribution in [3.63, 3.8) is 0 Å². The number of benzene rings is 5. The monoisotopic (exact) mass is 1080 g/mol. The third-order valence-electron chi connectivity index (χ3n) is 10.8. The minimum absolute atomic E-state index is 0.605. The van der Waals surface area contributed by atoms with Gasteiger partial charge in [0.05, 0.1) is 49.9 Å². The Hall–Kier alpha value is -5.89. The van der Waals surface area contributed by atoms with E-state index in [4.69, 9.17) is 0 Å². The maximum absolute atomic E-state index is 14.2. The fourth-order valence-corrected chi connectivity index (χ4v) is 8.64. The number of halogens is 24. The molecule has 5 aromatic carbocycles. The second kappa shape index (κ2) is 19.5. The molecule has 390 valence electrons. The minimum Gasteiger partial charge on any atom is -0.194 e. The van der Waals surface area contributed by atoms with Crippen molar-refractivity contribution in [1.29, 1.82) is 0 Å². The summed E-state index contributed by atoms with van der Waals surface area (Å²) < 4.78 is 343. The van der Waals surface area contributed by atoms with Gasteiger partial charge in [0.25, 0.3) is 0 Å². The Morgan fingerprint density at radius 1 is 0.375 bits per heavy atom. The molecule has 72 heavy (non-hydrogen) atoms. The highest BCUT2D eigenvalue weighted by Crippen LogP contribution is 2.41. The molecular weight excluding hydrogens is 1050 g/mol. The van der Waals surface area contributed by atoms with Gasteiger partial charge in [0.1, 0.15) is 6.15 Å². The third-order valence-corrected chi connectivity index (χ3v) is 12.0. The molecule has 6 rings (SSSR count). The van der Waals surface area contributed by atoms with Crippen LogP contribution in [0.5, 0.6) is 0 Å². The second-order valence-corrected chi connectivity index (χ2v) is 17.2. The first-order chi connectivity index (χ1) is 32.5. The first-order valence-electron chi connectivity index (χ1n) is 19.9. The van der Waals surface area contributed by atoms with E-state index in [1.807, 2.05) is 11.3 Å². The van der Waals surface area contributed by atoms with Crippen LogP contribution in [0.4, 0.5) is 105 Å². The second-order valence-electron chi connectivity index (χ2n) is 16.2. The summed E-state index contributed by atoms with van der Waals surface area (Å²) in [7, 11) is 0. The number of thiazole rings is 1. The first-order valence-corrected chi connectivity index (χ1v) is 20.8. The molecule has 1 heterocycles. The van der Waals surface area contributed by atoms with Crippen LogP contribution in [0.15, 0.2) is 115 Å². The number of nitrogens with zero attached hydrogens (tertiary/aromatic N) is 1. The van der Waals surface area contributed by atoms with Crippen molar-refractivity contribution in [1.82, 2.24) is 0 Å². The highest BCUT2D eigenvalue weighted by Gasteiger charge is 2.47. The minimum atomic E-state index is -6.13. The van der Waals surface area contributed by atoms with Crippen molar-refractivity contribution in [2.24, 2.45) is 0 Å². The molecule has 0 aliphatic rings. The molecule has 0 atom stereocenters. The molecule has 0 bridgehead atoms. The average molecular weight is 1080 g/mol. The lowest BCUT2D eigenvalue weighted by Crippen LogP contribution is -2.75. The Morgan fingerprint density at radius 3 is 0.819 bits per heavy atom. The summed E-state index contributed by atoms with van der Waals surface area (Å²) in [4.78, 5) is 0. The number of alkyl halides is 24. The van der Waals surface area contributed by atoms with Gasteiger partial charge in [-0.2, -0.15) is 132 Å². The molecule has 0 unspecified atom stereocenters. The van der Waals surface area contributed by atoms with E-state index in [2.05, 4.69) is 60.3 Å². The van der Waals surface area contributed by atoms with E-state index in [1.54, 1.807) is 0 Å². The molecule has 1 nitrogen and oxygen atoms in total. The van der Waals surface area contributed by atoms with Gasteiger partial charge in [-0.05, 0) is 24.3 Å². The third kappa shape index (κ3) is 13.0. The molecular formula is C45H28BF24NS. The summed E-state index contributed by atoms with van der Waals surface area (Å²) in [6.07, 6.45) is -52.6. The van der Waals surface area contributed by atoms with Gasteiger partial charge in [-0.3, -0.25) is 0 Å². The maximum Gasteiger partial charge on any atom is 0.416 e. The molecule has 0 saturated carbocycles. The van der Waals surface area contributed by atoms with Gasteiger partial charge in [0.2, 0.25) is 5.01 Å². The lowest BCUT2D eigenvalue weighted by molar-refractivity contribution is -0.691. The summed E-state index contributed by atoms with van der Waals surface area (Å²) >= 11 is 1.84. The van der Waals surface area contributed by atoms with E-state index in [0.717, 1.165) is 6.54 Å². The van der Waals surface area contributed by atoms with Crippen LogP contribution in [0.25, 0.3) is 0 Å². The molecule has 0 saturated heterocycles. The molecule has 0 fully saturated rings. The van der Waals surface area contributed by atoms with E-state index >= 15 is 0 Å². The predicted octanol–water partition coefficient (Wildman–Crippen LogP) is 14.4. The van der Waals surface area contributed by atoms with Crippen LogP contribution in [0.1, 0.15) is 74.8 Å². The van der Waals surface area contributed by atoms with Gasteiger partial charge in [0.15, 0.2) is 12.7 Å². The topological polar surface area (TPSA) is 3.88 Å². The van der Waals surface area contributed by atoms with Crippen molar-refractivity contribution < 1.29 is 110 Å². The summed E-state index contributed by atoms with van der Waals surface area (Å²) in [6.45, 7) is 5.47. The van der Waals surface area contributed by atoms with Crippen LogP contribution in [0.3, 0.4) is 0 Å². The average Bonchev–Trinajstić information content (AvgIpc) is 3.70. The van der Waals surface area contributed by atoms with E-state index in [9.17, 15) is 105 Å². The quantitative estimate of drug-likeness (QED) is 0.0852. The fourth-order valence-electron chi connectivity index (χ4n) is 7.76. The Labute approximate surface area is 394 Å². The molecule has 0 amide bonds. The van der Waals surface area contributed by atoms with Crippen LogP contribution in [-0.2, 0) is 56.0 Å². The number of hydrogen-bond acceptors (Lipinski definition) is 1. The summed E-state index contributed by atoms with van der Waals surface area (Å²) in [5.41, 5.74) is -28.8. The predicted molar refractivity (Wildman–Crippen MR) is 214 cm³/mol. The van der Waals surface area contributed by atoms with Gasteiger partial charge < -0.3 is 0 Å². The zero-order chi connectivity index (χ0) is 54.6. The maximum atomic E-state index is 14.2. The van der Waals surface area contributed by atoms with Crippen molar-refractivity contribution >= 4 is 39.3 Å².